The number of halogens is 2. The van der Waals surface area contributed by atoms with Gasteiger partial charge in [0.05, 0.1) is 30.0 Å². The van der Waals surface area contributed by atoms with Gasteiger partial charge in [-0.15, -0.1) is 0 Å². The van der Waals surface area contributed by atoms with Gasteiger partial charge in [-0.3, -0.25) is 0 Å². The second-order valence-corrected chi connectivity index (χ2v) is 7.20. The summed E-state index contributed by atoms with van der Waals surface area (Å²) in [6.45, 7) is -1.24. The number of carbonyl (C=O) groups excluding carboxylic acids is 1. The van der Waals surface area contributed by atoms with E-state index < -0.39 is 30.0 Å². The molecule has 0 fully saturated rings. The highest BCUT2D eigenvalue weighted by Crippen LogP contribution is 2.55. The Kier molecular flexibility index (Phi) is 6.32. The molecule has 1 aliphatic heterocycles. The number of fused-ring (bicyclic) bond motifs is 1. The van der Waals surface area contributed by atoms with E-state index in [0.717, 1.165) is 0 Å². The number of nitriles is 3. The van der Waals surface area contributed by atoms with Gasteiger partial charge in [0, 0.05) is 30.5 Å². The maximum absolute atomic E-state index is 13.1. The van der Waals surface area contributed by atoms with Crippen molar-refractivity contribution in [2.45, 2.75) is 19.5 Å². The first-order chi connectivity index (χ1) is 15.3. The molecule has 1 heterocycles. The molecule has 1 aromatic carbocycles. The predicted molar refractivity (Wildman–Crippen MR) is 106 cm³/mol. The average Bonchev–Trinajstić information content (AvgIpc) is 2.78. The van der Waals surface area contributed by atoms with Crippen molar-refractivity contribution in [1.82, 2.24) is 4.90 Å². The molecule has 2 unspecified atom stereocenters. The first-order valence-electron chi connectivity index (χ1n) is 9.73. The highest BCUT2D eigenvalue weighted by Gasteiger charge is 2.55. The SMILES string of the molecule is CCOC(=O)N1CC=C2C(C#N)=C(N)C(C#N)(C#N)C(c3ccccc3OC(F)F)C2C1. The standard InChI is InChI=1S/C22H19F2N5O3/c1-2-31-21(30)29-8-7-13-15(9-25)19(28)22(11-26,12-27)18(16(13)10-29)14-5-3-4-6-17(14)32-20(23)24/h3-7,16,18,20H,2,8,10,28H2,1H3. The maximum Gasteiger partial charge on any atom is 0.410 e. The molecule has 1 aromatic rings. The predicted octanol–water partition coefficient (Wildman–Crippen LogP) is 3.17. The number of nitrogens with zero attached hydrogens (tertiary/aromatic N) is 4. The summed E-state index contributed by atoms with van der Waals surface area (Å²) in [4.78, 5) is 13.7. The second kappa shape index (κ2) is 8.95. The van der Waals surface area contributed by atoms with E-state index in [9.17, 15) is 29.4 Å². The summed E-state index contributed by atoms with van der Waals surface area (Å²) in [7, 11) is 0. The quantitative estimate of drug-likeness (QED) is 0.761. The van der Waals surface area contributed by atoms with E-state index in [2.05, 4.69) is 4.74 Å². The van der Waals surface area contributed by atoms with Gasteiger partial charge in [0.2, 0.25) is 0 Å². The van der Waals surface area contributed by atoms with Crippen LogP contribution >= 0.6 is 0 Å². The molecule has 0 bridgehead atoms. The number of hydrogen-bond acceptors (Lipinski definition) is 7. The zero-order valence-corrected chi connectivity index (χ0v) is 17.1. The van der Waals surface area contributed by atoms with Crippen LogP contribution in [0.15, 0.2) is 47.2 Å². The molecular weight excluding hydrogens is 420 g/mol. The highest BCUT2D eigenvalue weighted by atomic mass is 19.3. The largest absolute Gasteiger partial charge is 0.450 e. The van der Waals surface area contributed by atoms with Crippen LogP contribution in [0.2, 0.25) is 0 Å². The topological polar surface area (TPSA) is 136 Å². The Labute approximate surface area is 183 Å². The zero-order valence-electron chi connectivity index (χ0n) is 17.1. The van der Waals surface area contributed by atoms with Crippen molar-refractivity contribution in [2.24, 2.45) is 17.1 Å². The van der Waals surface area contributed by atoms with Crippen LogP contribution in [0.5, 0.6) is 5.75 Å². The molecule has 0 saturated carbocycles. The maximum atomic E-state index is 13.1. The van der Waals surface area contributed by atoms with Gasteiger partial charge in [-0.2, -0.15) is 24.6 Å². The van der Waals surface area contributed by atoms with Crippen LogP contribution in [0.1, 0.15) is 18.4 Å². The van der Waals surface area contributed by atoms with Crippen LogP contribution in [0.3, 0.4) is 0 Å². The summed E-state index contributed by atoms with van der Waals surface area (Å²) < 4.78 is 35.9. The average molecular weight is 439 g/mol. The number of para-hydroxylation sites is 1. The third-order valence-corrected chi connectivity index (χ3v) is 5.66. The lowest BCUT2D eigenvalue weighted by atomic mass is 9.58. The first-order valence-corrected chi connectivity index (χ1v) is 9.73. The Bertz CT molecular complexity index is 1100. The molecule has 2 atom stereocenters. The molecule has 0 radical (unpaired) electrons. The van der Waals surface area contributed by atoms with Crippen LogP contribution in [-0.2, 0) is 4.74 Å². The third kappa shape index (κ3) is 3.59. The van der Waals surface area contributed by atoms with Crippen LogP contribution in [0.4, 0.5) is 13.6 Å². The number of ether oxygens (including phenoxy) is 2. The minimum atomic E-state index is -3.14. The number of amides is 1. The van der Waals surface area contributed by atoms with Crippen molar-refractivity contribution < 1.29 is 23.0 Å². The Morgan fingerprint density at radius 3 is 2.59 bits per heavy atom. The van der Waals surface area contributed by atoms with Crippen molar-refractivity contribution in [1.29, 1.82) is 15.8 Å². The number of alkyl halides is 2. The third-order valence-electron chi connectivity index (χ3n) is 5.66. The van der Waals surface area contributed by atoms with Crippen molar-refractivity contribution in [3.63, 3.8) is 0 Å². The normalized spacial score (nSPS) is 21.5. The van der Waals surface area contributed by atoms with E-state index in [1.165, 1.54) is 23.1 Å². The van der Waals surface area contributed by atoms with Crippen LogP contribution < -0.4 is 10.5 Å². The van der Waals surface area contributed by atoms with Crippen molar-refractivity contribution >= 4 is 6.09 Å². The van der Waals surface area contributed by atoms with E-state index in [0.29, 0.717) is 5.57 Å². The molecule has 0 spiro atoms. The van der Waals surface area contributed by atoms with Gasteiger partial charge in [-0.25, -0.2) is 4.79 Å². The summed E-state index contributed by atoms with van der Waals surface area (Å²) in [6.07, 6.45) is 0.998. The zero-order chi connectivity index (χ0) is 23.5. The number of carbonyl (C=O) groups is 1. The Hall–Kier alpha value is -4.10. The monoisotopic (exact) mass is 439 g/mol. The lowest BCUT2D eigenvalue weighted by Crippen LogP contribution is -2.49. The number of nitrogens with two attached hydrogens (primary N) is 1. The van der Waals surface area contributed by atoms with Crippen LogP contribution in [0, 0.1) is 45.3 Å². The second-order valence-electron chi connectivity index (χ2n) is 7.20. The molecule has 8 nitrogen and oxygen atoms in total. The molecule has 164 valence electrons. The summed E-state index contributed by atoms with van der Waals surface area (Å²) in [5.41, 5.74) is 4.47. The summed E-state index contributed by atoms with van der Waals surface area (Å²) in [5, 5.41) is 29.9. The summed E-state index contributed by atoms with van der Waals surface area (Å²) in [5.74, 6) is -2.08. The molecule has 3 rings (SSSR count). The fourth-order valence-electron chi connectivity index (χ4n) is 4.33. The summed E-state index contributed by atoms with van der Waals surface area (Å²) in [6, 6.07) is 11.6. The molecule has 32 heavy (non-hydrogen) atoms. The van der Waals surface area contributed by atoms with Crippen LogP contribution in [0.25, 0.3) is 0 Å². The van der Waals surface area contributed by atoms with E-state index in [1.807, 2.05) is 18.2 Å². The van der Waals surface area contributed by atoms with Gasteiger partial charge in [0.1, 0.15) is 11.8 Å². The van der Waals surface area contributed by atoms with Crippen molar-refractivity contribution in [3.8, 4) is 24.0 Å². The highest BCUT2D eigenvalue weighted by molar-refractivity contribution is 5.69. The number of allylic oxidation sites excluding steroid dienone is 2. The molecule has 2 N–H and O–H groups in total. The minimum Gasteiger partial charge on any atom is -0.450 e. The van der Waals surface area contributed by atoms with Gasteiger partial charge >= 0.3 is 12.7 Å². The van der Waals surface area contributed by atoms with E-state index in [4.69, 9.17) is 10.5 Å². The number of hydrogen-bond donors (Lipinski definition) is 1. The Morgan fingerprint density at radius 1 is 1.31 bits per heavy atom. The van der Waals surface area contributed by atoms with Crippen molar-refractivity contribution in [3.05, 3.63) is 52.7 Å². The lowest BCUT2D eigenvalue weighted by molar-refractivity contribution is -0.0509. The van der Waals surface area contributed by atoms with Gasteiger partial charge < -0.3 is 20.1 Å². The van der Waals surface area contributed by atoms with Gasteiger partial charge in [-0.05, 0) is 18.6 Å². The van der Waals surface area contributed by atoms with E-state index >= 15 is 0 Å². The Balaban J connectivity index is 2.27. The molecule has 0 aromatic heterocycles. The van der Waals surface area contributed by atoms with Gasteiger partial charge in [0.25, 0.3) is 0 Å². The molecule has 10 heteroatoms. The minimum absolute atomic E-state index is 0.0120. The Morgan fingerprint density at radius 2 is 2.00 bits per heavy atom. The molecule has 0 saturated heterocycles. The fourth-order valence-corrected chi connectivity index (χ4v) is 4.33. The smallest absolute Gasteiger partial charge is 0.410 e. The summed E-state index contributed by atoms with van der Waals surface area (Å²) >= 11 is 0. The van der Waals surface area contributed by atoms with Crippen LogP contribution in [-0.4, -0.2) is 37.3 Å². The van der Waals surface area contributed by atoms with E-state index in [-0.39, 0.29) is 42.3 Å². The molecular formula is C22H19F2N5O3. The first kappa shape index (κ1) is 22.6. The number of rotatable bonds is 4. The molecule has 1 aliphatic carbocycles. The molecule has 1 amide bonds. The fraction of sp³-hybridized carbons (Fsp3) is 0.364. The number of benzene rings is 1. The molecule has 2 aliphatic rings. The lowest BCUT2D eigenvalue weighted by Gasteiger charge is -2.45. The van der Waals surface area contributed by atoms with Gasteiger partial charge in [0.15, 0.2) is 5.41 Å². The van der Waals surface area contributed by atoms with E-state index in [1.54, 1.807) is 19.1 Å². The van der Waals surface area contributed by atoms with Crippen molar-refractivity contribution in [2.75, 3.05) is 19.7 Å². The van der Waals surface area contributed by atoms with Gasteiger partial charge in [-0.1, -0.05) is 24.3 Å².